The number of ketones is 1. The number of amides is 1. The van der Waals surface area contributed by atoms with Crippen LogP contribution < -0.4 is 0 Å². The highest BCUT2D eigenvalue weighted by molar-refractivity contribution is 5.96. The lowest BCUT2D eigenvalue weighted by atomic mass is 10.1. The molecule has 4 rings (SSSR count). The van der Waals surface area contributed by atoms with Crippen LogP contribution in [-0.4, -0.2) is 39.7 Å². The Morgan fingerprint density at radius 1 is 1.12 bits per heavy atom. The lowest BCUT2D eigenvalue weighted by molar-refractivity contribution is -0.126. The van der Waals surface area contributed by atoms with Gasteiger partial charge in [-0.05, 0) is 12.1 Å². The average Bonchev–Trinajstić information content (AvgIpc) is 3.16. The third kappa shape index (κ3) is 2.82. The van der Waals surface area contributed by atoms with E-state index in [4.69, 9.17) is 4.98 Å². The van der Waals surface area contributed by atoms with E-state index in [1.807, 2.05) is 66.2 Å². The number of likely N-dealkylation sites (tertiary alicyclic amines) is 1. The summed E-state index contributed by atoms with van der Waals surface area (Å²) in [4.78, 5) is 31.1. The molecule has 5 heteroatoms. The highest BCUT2D eigenvalue weighted by Crippen LogP contribution is 2.29. The zero-order valence-electron chi connectivity index (χ0n) is 14.1. The summed E-state index contributed by atoms with van der Waals surface area (Å²) in [5.41, 5.74) is 2.48. The maximum Gasteiger partial charge on any atom is 0.223 e. The normalized spacial score (nSPS) is 17.4. The molecule has 1 atom stereocenters. The fourth-order valence-electron chi connectivity index (χ4n) is 3.47. The van der Waals surface area contributed by atoms with Gasteiger partial charge in [0.25, 0.3) is 0 Å². The highest BCUT2D eigenvalue weighted by atomic mass is 16.2. The molecule has 5 nitrogen and oxygen atoms in total. The van der Waals surface area contributed by atoms with Crippen molar-refractivity contribution in [3.63, 3.8) is 0 Å². The molecule has 1 aliphatic rings. The molecule has 1 fully saturated rings. The molecule has 1 aromatic heterocycles. The minimum absolute atomic E-state index is 0.0217. The summed E-state index contributed by atoms with van der Waals surface area (Å²) >= 11 is 0. The molecular formula is C20H19N3O2. The lowest BCUT2D eigenvalue weighted by Crippen LogP contribution is -2.20. The molecule has 3 aromatic rings. The highest BCUT2D eigenvalue weighted by Gasteiger charge is 2.32. The van der Waals surface area contributed by atoms with Gasteiger partial charge in [0, 0.05) is 31.5 Å². The number of nitrogens with zero attached hydrogens (tertiary/aromatic N) is 3. The molecule has 1 saturated heterocycles. The van der Waals surface area contributed by atoms with Crippen LogP contribution in [-0.2, 0) is 11.3 Å². The van der Waals surface area contributed by atoms with Gasteiger partial charge in [-0.15, -0.1) is 0 Å². The van der Waals surface area contributed by atoms with Gasteiger partial charge in [0.1, 0.15) is 5.82 Å². The summed E-state index contributed by atoms with van der Waals surface area (Å²) in [5.74, 6) is 1.01. The van der Waals surface area contributed by atoms with Crippen LogP contribution in [0.5, 0.6) is 0 Å². The van der Waals surface area contributed by atoms with E-state index in [1.165, 1.54) is 0 Å². The topological polar surface area (TPSA) is 55.2 Å². The molecule has 0 spiro atoms. The number of para-hydroxylation sites is 2. The second-order valence-corrected chi connectivity index (χ2v) is 6.51. The maximum absolute atomic E-state index is 12.7. The molecule has 2 aromatic carbocycles. The molecule has 1 aliphatic heterocycles. The number of likely N-dealkylation sites (N-methyl/N-ethyl adjacent to an activating group) is 1. The fraction of sp³-hybridized carbons (Fsp3) is 0.250. The molecule has 1 unspecified atom stereocenters. The average molecular weight is 333 g/mol. The number of carbonyl (C=O) groups is 2. The standard InChI is InChI=1S/C20H19N3O2/c1-22-12-15(11-19(22)25)20-21-16-9-5-6-10-17(16)23(20)13-18(24)14-7-3-2-4-8-14/h2-10,15H,11-13H2,1H3. The van der Waals surface area contributed by atoms with Gasteiger partial charge in [-0.25, -0.2) is 4.98 Å². The van der Waals surface area contributed by atoms with Crippen LogP contribution in [0.4, 0.5) is 0 Å². The van der Waals surface area contributed by atoms with Crippen molar-refractivity contribution in [1.29, 1.82) is 0 Å². The first kappa shape index (κ1) is 15.6. The van der Waals surface area contributed by atoms with Crippen molar-refractivity contribution in [2.45, 2.75) is 18.9 Å². The second kappa shape index (κ2) is 6.16. The summed E-state index contributed by atoms with van der Waals surface area (Å²) < 4.78 is 1.97. The Bertz CT molecular complexity index is 946. The summed E-state index contributed by atoms with van der Waals surface area (Å²) in [6.45, 7) is 0.871. The molecule has 1 amide bonds. The van der Waals surface area contributed by atoms with Gasteiger partial charge >= 0.3 is 0 Å². The molecular weight excluding hydrogens is 314 g/mol. The monoisotopic (exact) mass is 333 g/mol. The Kier molecular flexibility index (Phi) is 3.84. The lowest BCUT2D eigenvalue weighted by Gasteiger charge is -2.13. The van der Waals surface area contributed by atoms with Crippen LogP contribution >= 0.6 is 0 Å². The number of hydrogen-bond donors (Lipinski definition) is 0. The van der Waals surface area contributed by atoms with E-state index in [1.54, 1.807) is 4.90 Å². The van der Waals surface area contributed by atoms with E-state index < -0.39 is 0 Å². The number of imidazole rings is 1. The number of aromatic nitrogens is 2. The molecule has 2 heterocycles. The zero-order chi connectivity index (χ0) is 17.4. The van der Waals surface area contributed by atoms with Crippen molar-refractivity contribution in [2.24, 2.45) is 0 Å². The SMILES string of the molecule is CN1CC(c2nc3ccccc3n2CC(=O)c2ccccc2)CC1=O. The van der Waals surface area contributed by atoms with Crippen LogP contribution in [0.2, 0.25) is 0 Å². The van der Waals surface area contributed by atoms with E-state index in [2.05, 4.69) is 0 Å². The van der Waals surface area contributed by atoms with E-state index in [-0.39, 0.29) is 24.2 Å². The van der Waals surface area contributed by atoms with Gasteiger partial charge in [-0.3, -0.25) is 9.59 Å². The molecule has 126 valence electrons. The Hall–Kier alpha value is -2.95. The maximum atomic E-state index is 12.7. The van der Waals surface area contributed by atoms with Crippen molar-refractivity contribution in [2.75, 3.05) is 13.6 Å². The largest absolute Gasteiger partial charge is 0.345 e. The van der Waals surface area contributed by atoms with Crippen molar-refractivity contribution in [3.05, 3.63) is 66.0 Å². The molecule has 0 radical (unpaired) electrons. The number of rotatable bonds is 4. The van der Waals surface area contributed by atoms with Crippen LogP contribution in [0, 0.1) is 0 Å². The number of carbonyl (C=O) groups excluding carboxylic acids is 2. The van der Waals surface area contributed by atoms with Gasteiger partial charge in [0.05, 0.1) is 17.6 Å². The van der Waals surface area contributed by atoms with Crippen molar-refractivity contribution >= 4 is 22.7 Å². The van der Waals surface area contributed by atoms with Gasteiger partial charge in [-0.2, -0.15) is 0 Å². The first-order valence-corrected chi connectivity index (χ1v) is 8.41. The molecule has 0 aliphatic carbocycles. The minimum Gasteiger partial charge on any atom is -0.345 e. The van der Waals surface area contributed by atoms with E-state index in [0.29, 0.717) is 18.5 Å². The molecule has 0 bridgehead atoms. The van der Waals surface area contributed by atoms with Crippen LogP contribution in [0.15, 0.2) is 54.6 Å². The van der Waals surface area contributed by atoms with Crippen LogP contribution in [0.3, 0.4) is 0 Å². The third-order valence-corrected chi connectivity index (χ3v) is 4.79. The Morgan fingerprint density at radius 2 is 1.84 bits per heavy atom. The van der Waals surface area contributed by atoms with E-state index in [9.17, 15) is 9.59 Å². The quantitative estimate of drug-likeness (QED) is 0.690. The molecule has 0 N–H and O–H groups in total. The number of fused-ring (bicyclic) bond motifs is 1. The van der Waals surface area contributed by atoms with Gasteiger partial charge < -0.3 is 9.47 Å². The van der Waals surface area contributed by atoms with Crippen molar-refractivity contribution in [3.8, 4) is 0 Å². The number of hydrogen-bond acceptors (Lipinski definition) is 3. The molecule has 25 heavy (non-hydrogen) atoms. The predicted molar refractivity (Wildman–Crippen MR) is 95.5 cm³/mol. The molecule has 0 saturated carbocycles. The number of Topliss-reactive ketones (excluding diaryl/α,β-unsaturated/α-hetero) is 1. The zero-order valence-corrected chi connectivity index (χ0v) is 14.1. The van der Waals surface area contributed by atoms with Crippen molar-refractivity contribution < 1.29 is 9.59 Å². The van der Waals surface area contributed by atoms with Gasteiger partial charge in [0.2, 0.25) is 5.91 Å². The summed E-state index contributed by atoms with van der Waals surface area (Å²) in [5, 5.41) is 0. The third-order valence-electron chi connectivity index (χ3n) is 4.79. The van der Waals surface area contributed by atoms with Gasteiger partial charge in [-0.1, -0.05) is 42.5 Å². The first-order chi connectivity index (χ1) is 12.1. The smallest absolute Gasteiger partial charge is 0.223 e. The summed E-state index contributed by atoms with van der Waals surface area (Å²) in [6, 6.07) is 17.1. The fourth-order valence-corrected chi connectivity index (χ4v) is 3.47. The summed E-state index contributed by atoms with van der Waals surface area (Å²) in [7, 11) is 1.81. The predicted octanol–water partition coefficient (Wildman–Crippen LogP) is 2.86. The van der Waals surface area contributed by atoms with E-state index >= 15 is 0 Å². The Morgan fingerprint density at radius 3 is 2.56 bits per heavy atom. The van der Waals surface area contributed by atoms with Crippen LogP contribution in [0.1, 0.15) is 28.5 Å². The Labute approximate surface area is 145 Å². The first-order valence-electron chi connectivity index (χ1n) is 8.41. The Balaban J connectivity index is 1.75. The minimum atomic E-state index is 0.0217. The summed E-state index contributed by atoms with van der Waals surface area (Å²) in [6.07, 6.45) is 0.444. The van der Waals surface area contributed by atoms with Crippen molar-refractivity contribution in [1.82, 2.24) is 14.5 Å². The second-order valence-electron chi connectivity index (χ2n) is 6.51. The van der Waals surface area contributed by atoms with Crippen LogP contribution in [0.25, 0.3) is 11.0 Å². The van der Waals surface area contributed by atoms with Gasteiger partial charge in [0.15, 0.2) is 5.78 Å². The number of benzene rings is 2. The van der Waals surface area contributed by atoms with E-state index in [0.717, 1.165) is 16.9 Å².